The van der Waals surface area contributed by atoms with Gasteiger partial charge in [0.15, 0.2) is 0 Å². The molecule has 100 valence electrons. The van der Waals surface area contributed by atoms with Crippen LogP contribution >= 0.6 is 15.9 Å². The Kier molecular flexibility index (Phi) is 3.66. The maximum Gasteiger partial charge on any atom is 0.146 e. The van der Waals surface area contributed by atoms with Crippen molar-refractivity contribution < 1.29 is 0 Å². The summed E-state index contributed by atoms with van der Waals surface area (Å²) < 4.78 is 3.10. The zero-order valence-electron chi connectivity index (χ0n) is 10.9. The molecule has 1 fully saturated rings. The van der Waals surface area contributed by atoms with Gasteiger partial charge < -0.3 is 9.88 Å². The van der Waals surface area contributed by atoms with Crippen LogP contribution in [0, 0.1) is 0 Å². The average Bonchev–Trinajstić information content (AvgIpc) is 2.75. The lowest BCUT2D eigenvalue weighted by molar-refractivity contribution is 0.286. The van der Waals surface area contributed by atoms with E-state index in [-0.39, 0.29) is 0 Å². The van der Waals surface area contributed by atoms with Crippen LogP contribution in [0.3, 0.4) is 0 Å². The van der Waals surface area contributed by atoms with Crippen molar-refractivity contribution in [2.75, 3.05) is 0 Å². The topological polar surface area (TPSA) is 42.7 Å². The molecule has 2 aromatic rings. The minimum Gasteiger partial charge on any atom is -0.320 e. The number of nitrogens with zero attached hydrogens (tertiary/aromatic N) is 3. The standard InChI is InChI=1S/C14H17BrN4/c1-19-9-17-18-14(19)8-16-13-6-11(7-13)10-2-4-12(15)5-3-10/h2-5,9,11,13,16H,6-8H2,1H3. The minimum atomic E-state index is 0.602. The summed E-state index contributed by atoms with van der Waals surface area (Å²) in [6, 6.07) is 9.28. The summed E-state index contributed by atoms with van der Waals surface area (Å²) in [5, 5.41) is 11.5. The number of aromatic nitrogens is 3. The predicted molar refractivity (Wildman–Crippen MR) is 77.7 cm³/mol. The van der Waals surface area contributed by atoms with Crippen molar-refractivity contribution in [3.05, 3.63) is 46.5 Å². The van der Waals surface area contributed by atoms with Gasteiger partial charge in [-0.15, -0.1) is 10.2 Å². The molecule has 1 aliphatic carbocycles. The summed E-state index contributed by atoms with van der Waals surface area (Å²) in [6.45, 7) is 0.800. The molecule has 1 N–H and O–H groups in total. The van der Waals surface area contributed by atoms with Crippen molar-refractivity contribution in [2.45, 2.75) is 31.3 Å². The number of halogens is 1. The number of hydrogen-bond acceptors (Lipinski definition) is 3. The van der Waals surface area contributed by atoms with Crippen molar-refractivity contribution in [1.29, 1.82) is 0 Å². The monoisotopic (exact) mass is 320 g/mol. The Hall–Kier alpha value is -1.20. The van der Waals surface area contributed by atoms with Crippen LogP contribution in [0.1, 0.15) is 30.1 Å². The SMILES string of the molecule is Cn1cnnc1CNC1CC(c2ccc(Br)cc2)C1. The van der Waals surface area contributed by atoms with E-state index in [2.05, 4.69) is 55.7 Å². The Morgan fingerprint density at radius 2 is 2.05 bits per heavy atom. The van der Waals surface area contributed by atoms with Gasteiger partial charge in [0.25, 0.3) is 0 Å². The summed E-state index contributed by atoms with van der Waals surface area (Å²) >= 11 is 3.47. The van der Waals surface area contributed by atoms with Gasteiger partial charge >= 0.3 is 0 Å². The third-order valence-corrected chi connectivity index (χ3v) is 4.36. The first-order valence-corrected chi connectivity index (χ1v) is 7.33. The molecule has 1 aromatic carbocycles. The van der Waals surface area contributed by atoms with Gasteiger partial charge in [0, 0.05) is 17.6 Å². The van der Waals surface area contributed by atoms with Crippen LogP contribution in [0.2, 0.25) is 0 Å². The van der Waals surface area contributed by atoms with E-state index in [4.69, 9.17) is 0 Å². The summed E-state index contributed by atoms with van der Waals surface area (Å²) in [4.78, 5) is 0. The molecule has 0 unspecified atom stereocenters. The van der Waals surface area contributed by atoms with Crippen LogP contribution in [-0.2, 0) is 13.6 Å². The highest BCUT2D eigenvalue weighted by Gasteiger charge is 2.29. The molecule has 1 aliphatic rings. The molecule has 0 spiro atoms. The highest BCUT2D eigenvalue weighted by atomic mass is 79.9. The zero-order chi connectivity index (χ0) is 13.2. The first-order chi connectivity index (χ1) is 9.22. The normalized spacial score (nSPS) is 22.2. The molecule has 0 bridgehead atoms. The van der Waals surface area contributed by atoms with Gasteiger partial charge in [-0.3, -0.25) is 0 Å². The highest BCUT2D eigenvalue weighted by molar-refractivity contribution is 9.10. The fourth-order valence-corrected chi connectivity index (χ4v) is 2.76. The van der Waals surface area contributed by atoms with Gasteiger partial charge in [0.2, 0.25) is 0 Å². The van der Waals surface area contributed by atoms with Gasteiger partial charge in [-0.1, -0.05) is 28.1 Å². The van der Waals surface area contributed by atoms with Crippen molar-refractivity contribution in [3.63, 3.8) is 0 Å². The molecule has 0 aliphatic heterocycles. The van der Waals surface area contributed by atoms with E-state index in [9.17, 15) is 0 Å². The summed E-state index contributed by atoms with van der Waals surface area (Å²) in [5.41, 5.74) is 1.44. The van der Waals surface area contributed by atoms with Gasteiger partial charge in [0.05, 0.1) is 6.54 Å². The van der Waals surface area contributed by atoms with Crippen LogP contribution in [0.4, 0.5) is 0 Å². The van der Waals surface area contributed by atoms with Crippen LogP contribution in [0.15, 0.2) is 35.1 Å². The van der Waals surface area contributed by atoms with Crippen LogP contribution in [-0.4, -0.2) is 20.8 Å². The van der Waals surface area contributed by atoms with Crippen LogP contribution < -0.4 is 5.32 Å². The molecule has 0 amide bonds. The third-order valence-electron chi connectivity index (χ3n) is 3.83. The molecule has 19 heavy (non-hydrogen) atoms. The van der Waals surface area contributed by atoms with Gasteiger partial charge in [-0.2, -0.15) is 0 Å². The molecule has 1 heterocycles. The van der Waals surface area contributed by atoms with Crippen LogP contribution in [0.5, 0.6) is 0 Å². The fourth-order valence-electron chi connectivity index (χ4n) is 2.49. The minimum absolute atomic E-state index is 0.602. The molecule has 1 aromatic heterocycles. The Labute approximate surface area is 121 Å². The second kappa shape index (κ2) is 5.43. The number of nitrogens with one attached hydrogen (secondary N) is 1. The van der Waals surface area contributed by atoms with Gasteiger partial charge in [0.1, 0.15) is 12.2 Å². The van der Waals surface area contributed by atoms with Crippen molar-refractivity contribution >= 4 is 15.9 Å². The first-order valence-electron chi connectivity index (χ1n) is 6.54. The number of hydrogen-bond donors (Lipinski definition) is 1. The van der Waals surface area contributed by atoms with E-state index < -0.39 is 0 Å². The van der Waals surface area contributed by atoms with Crippen molar-refractivity contribution in [3.8, 4) is 0 Å². The molecular formula is C14H17BrN4. The fraction of sp³-hybridized carbons (Fsp3) is 0.429. The number of aryl methyl sites for hydroxylation is 1. The van der Waals surface area contributed by atoms with Crippen molar-refractivity contribution in [1.82, 2.24) is 20.1 Å². The Morgan fingerprint density at radius 3 is 2.68 bits per heavy atom. The number of rotatable bonds is 4. The number of benzene rings is 1. The smallest absolute Gasteiger partial charge is 0.146 e. The van der Waals surface area contributed by atoms with E-state index in [0.29, 0.717) is 12.0 Å². The van der Waals surface area contributed by atoms with Gasteiger partial charge in [-0.25, -0.2) is 0 Å². The Balaban J connectivity index is 1.48. The van der Waals surface area contributed by atoms with Gasteiger partial charge in [-0.05, 0) is 36.5 Å². The van der Waals surface area contributed by atoms with Crippen LogP contribution in [0.25, 0.3) is 0 Å². The molecule has 1 saturated carbocycles. The largest absolute Gasteiger partial charge is 0.320 e. The second-order valence-corrected chi connectivity index (χ2v) is 6.07. The van der Waals surface area contributed by atoms with E-state index in [0.717, 1.165) is 16.8 Å². The first kappa shape index (κ1) is 12.8. The second-order valence-electron chi connectivity index (χ2n) is 5.16. The summed E-state index contributed by atoms with van der Waals surface area (Å²) in [5.74, 6) is 1.69. The predicted octanol–water partition coefficient (Wildman–Crippen LogP) is 2.61. The van der Waals surface area contributed by atoms with E-state index in [1.807, 2.05) is 11.6 Å². The maximum atomic E-state index is 4.08. The highest BCUT2D eigenvalue weighted by Crippen LogP contribution is 2.37. The van der Waals surface area contributed by atoms with E-state index in [1.54, 1.807) is 6.33 Å². The van der Waals surface area contributed by atoms with Crippen molar-refractivity contribution in [2.24, 2.45) is 7.05 Å². The molecule has 0 saturated heterocycles. The molecule has 4 nitrogen and oxygen atoms in total. The Bertz CT molecular complexity index is 543. The molecule has 3 rings (SSSR count). The molecular weight excluding hydrogens is 304 g/mol. The molecule has 0 radical (unpaired) electrons. The average molecular weight is 321 g/mol. The lowest BCUT2D eigenvalue weighted by Crippen LogP contribution is -2.40. The lowest BCUT2D eigenvalue weighted by atomic mass is 9.76. The van der Waals surface area contributed by atoms with E-state index in [1.165, 1.54) is 18.4 Å². The molecule has 0 atom stereocenters. The lowest BCUT2D eigenvalue weighted by Gasteiger charge is -2.36. The zero-order valence-corrected chi connectivity index (χ0v) is 12.5. The molecule has 5 heteroatoms. The summed E-state index contributed by atoms with van der Waals surface area (Å²) in [6.07, 6.45) is 4.15. The summed E-state index contributed by atoms with van der Waals surface area (Å²) in [7, 11) is 1.97. The quantitative estimate of drug-likeness (QED) is 0.941. The van der Waals surface area contributed by atoms with E-state index >= 15 is 0 Å². The maximum absolute atomic E-state index is 4.08. The Morgan fingerprint density at radius 1 is 1.32 bits per heavy atom. The third kappa shape index (κ3) is 2.87.